The van der Waals surface area contributed by atoms with Crippen LogP contribution in [0.15, 0.2) is 18.2 Å². The molecule has 2 fully saturated rings. The van der Waals surface area contributed by atoms with E-state index in [-0.39, 0.29) is 18.7 Å². The summed E-state index contributed by atoms with van der Waals surface area (Å²) in [6, 6.07) is 5.74. The van der Waals surface area contributed by atoms with Gasteiger partial charge in [-0.25, -0.2) is 4.79 Å². The maximum Gasteiger partial charge on any atom is 0.317 e. The van der Waals surface area contributed by atoms with Gasteiger partial charge >= 0.3 is 6.03 Å². The Morgan fingerprint density at radius 2 is 2.26 bits per heavy atom. The predicted octanol–water partition coefficient (Wildman–Crippen LogP) is 1.05. The summed E-state index contributed by atoms with van der Waals surface area (Å²) in [5.41, 5.74) is 1.84. The van der Waals surface area contributed by atoms with Crippen LogP contribution in [0.5, 0.6) is 0 Å². The predicted molar refractivity (Wildman–Crippen MR) is 73.5 cm³/mol. The summed E-state index contributed by atoms with van der Waals surface area (Å²) in [6.07, 6.45) is 0. The second-order valence-electron chi connectivity index (χ2n) is 4.91. The Balaban J connectivity index is 1.84. The summed E-state index contributed by atoms with van der Waals surface area (Å²) >= 11 is 6.04. The second-order valence-corrected chi connectivity index (χ2v) is 5.35. The average molecular weight is 282 g/mol. The molecule has 2 amide bonds. The minimum absolute atomic E-state index is 0.00539. The summed E-state index contributed by atoms with van der Waals surface area (Å²) < 4.78 is 0. The molecule has 2 aliphatic rings. The van der Waals surface area contributed by atoms with Gasteiger partial charge in [-0.3, -0.25) is 0 Å². The molecule has 3 rings (SSSR count). The summed E-state index contributed by atoms with van der Waals surface area (Å²) in [7, 11) is 0. The zero-order valence-corrected chi connectivity index (χ0v) is 11.2. The van der Waals surface area contributed by atoms with Crippen LogP contribution in [0.3, 0.4) is 0 Å². The van der Waals surface area contributed by atoms with Crippen LogP contribution in [0.2, 0.25) is 5.02 Å². The molecule has 0 bridgehead atoms. The highest BCUT2D eigenvalue weighted by Crippen LogP contribution is 2.28. The lowest BCUT2D eigenvalue weighted by Crippen LogP contribution is -2.52. The molecule has 0 aliphatic carbocycles. The maximum atomic E-state index is 11.6. The van der Waals surface area contributed by atoms with E-state index in [0.29, 0.717) is 18.1 Å². The molecule has 0 saturated carbocycles. The van der Waals surface area contributed by atoms with Gasteiger partial charge in [0.05, 0.1) is 12.6 Å². The standard InChI is InChI=1S/C13H16ClN3O2/c14-10-2-1-9(8-18)12(5-10)16-3-4-17-11(7-16)6-15-13(17)19/h1-2,5,11,18H,3-4,6-8H2,(H,15,19). The first-order valence-corrected chi connectivity index (χ1v) is 6.75. The molecule has 102 valence electrons. The van der Waals surface area contributed by atoms with E-state index < -0.39 is 0 Å². The van der Waals surface area contributed by atoms with Gasteiger partial charge in [-0.1, -0.05) is 17.7 Å². The highest BCUT2D eigenvalue weighted by atomic mass is 35.5. The molecule has 2 aliphatic heterocycles. The summed E-state index contributed by atoms with van der Waals surface area (Å²) in [4.78, 5) is 15.6. The van der Waals surface area contributed by atoms with E-state index in [4.69, 9.17) is 11.6 Å². The van der Waals surface area contributed by atoms with E-state index in [9.17, 15) is 9.90 Å². The summed E-state index contributed by atoms with van der Waals surface area (Å²) in [6.45, 7) is 2.91. The Bertz CT molecular complexity index is 509. The van der Waals surface area contributed by atoms with Crippen molar-refractivity contribution in [3.63, 3.8) is 0 Å². The van der Waals surface area contributed by atoms with Crippen molar-refractivity contribution in [2.45, 2.75) is 12.6 Å². The third-order valence-electron chi connectivity index (χ3n) is 3.79. The summed E-state index contributed by atoms with van der Waals surface area (Å²) in [5.74, 6) is 0. The highest BCUT2D eigenvalue weighted by molar-refractivity contribution is 6.30. The maximum absolute atomic E-state index is 11.6. The first-order valence-electron chi connectivity index (χ1n) is 6.38. The number of rotatable bonds is 2. The molecule has 5 nitrogen and oxygen atoms in total. The van der Waals surface area contributed by atoms with E-state index in [2.05, 4.69) is 10.2 Å². The van der Waals surface area contributed by atoms with Crippen LogP contribution < -0.4 is 10.2 Å². The fraction of sp³-hybridized carbons (Fsp3) is 0.462. The molecule has 1 unspecified atom stereocenters. The van der Waals surface area contributed by atoms with Crippen LogP contribution in [0, 0.1) is 0 Å². The van der Waals surface area contributed by atoms with E-state index in [0.717, 1.165) is 24.3 Å². The number of nitrogens with zero attached hydrogens (tertiary/aromatic N) is 2. The lowest BCUT2D eigenvalue weighted by molar-refractivity contribution is 0.197. The van der Waals surface area contributed by atoms with Gasteiger partial charge in [0.1, 0.15) is 0 Å². The van der Waals surface area contributed by atoms with Crippen molar-refractivity contribution in [1.82, 2.24) is 10.2 Å². The molecule has 2 saturated heterocycles. The Labute approximate surface area is 116 Å². The van der Waals surface area contributed by atoms with Gasteiger partial charge in [-0.15, -0.1) is 0 Å². The molecular weight excluding hydrogens is 266 g/mol. The fourth-order valence-electron chi connectivity index (χ4n) is 2.79. The fourth-order valence-corrected chi connectivity index (χ4v) is 2.95. The highest BCUT2D eigenvalue weighted by Gasteiger charge is 2.35. The van der Waals surface area contributed by atoms with Crippen molar-refractivity contribution in [3.05, 3.63) is 28.8 Å². The lowest BCUT2D eigenvalue weighted by Gasteiger charge is -2.38. The molecule has 2 N–H and O–H groups in total. The Morgan fingerprint density at radius 1 is 1.42 bits per heavy atom. The number of urea groups is 1. The van der Waals surface area contributed by atoms with E-state index in [1.165, 1.54) is 0 Å². The minimum atomic E-state index is -0.00539. The van der Waals surface area contributed by atoms with Crippen LogP contribution in [-0.4, -0.2) is 48.3 Å². The van der Waals surface area contributed by atoms with Gasteiger partial charge in [0, 0.05) is 42.5 Å². The normalized spacial score (nSPS) is 22.4. The van der Waals surface area contributed by atoms with E-state index in [1.807, 2.05) is 17.0 Å². The quantitative estimate of drug-likeness (QED) is 0.852. The minimum Gasteiger partial charge on any atom is -0.392 e. The van der Waals surface area contributed by atoms with Crippen LogP contribution in [0.4, 0.5) is 10.5 Å². The molecule has 1 atom stereocenters. The third kappa shape index (κ3) is 2.24. The van der Waals surface area contributed by atoms with E-state index in [1.54, 1.807) is 6.07 Å². The van der Waals surface area contributed by atoms with Gasteiger partial charge in [0.2, 0.25) is 0 Å². The number of aliphatic hydroxyl groups excluding tert-OH is 1. The topological polar surface area (TPSA) is 55.8 Å². The van der Waals surface area contributed by atoms with Crippen molar-refractivity contribution < 1.29 is 9.90 Å². The Kier molecular flexibility index (Phi) is 3.24. The van der Waals surface area contributed by atoms with Gasteiger partial charge < -0.3 is 20.2 Å². The first kappa shape index (κ1) is 12.6. The zero-order chi connectivity index (χ0) is 13.4. The number of hydrogen-bond acceptors (Lipinski definition) is 3. The molecule has 0 spiro atoms. The average Bonchev–Trinajstić information content (AvgIpc) is 2.80. The van der Waals surface area contributed by atoms with Crippen LogP contribution >= 0.6 is 11.6 Å². The molecule has 2 heterocycles. The largest absolute Gasteiger partial charge is 0.392 e. The summed E-state index contributed by atoms with van der Waals surface area (Å²) in [5, 5.41) is 12.9. The number of hydrogen-bond donors (Lipinski definition) is 2. The number of carbonyl (C=O) groups is 1. The molecule has 1 aromatic carbocycles. The number of nitrogens with one attached hydrogen (secondary N) is 1. The zero-order valence-electron chi connectivity index (χ0n) is 10.5. The first-order chi connectivity index (χ1) is 9.19. The number of carbonyl (C=O) groups excluding carboxylic acids is 1. The number of piperazine rings is 1. The molecule has 6 heteroatoms. The molecule has 0 aromatic heterocycles. The second kappa shape index (κ2) is 4.90. The lowest BCUT2D eigenvalue weighted by atomic mass is 10.1. The molecule has 1 aromatic rings. The Hall–Kier alpha value is -1.46. The van der Waals surface area contributed by atoms with Crippen LogP contribution in [-0.2, 0) is 6.61 Å². The van der Waals surface area contributed by atoms with Crippen molar-refractivity contribution >= 4 is 23.3 Å². The number of anilines is 1. The van der Waals surface area contributed by atoms with Crippen LogP contribution in [0.1, 0.15) is 5.56 Å². The third-order valence-corrected chi connectivity index (χ3v) is 4.03. The van der Waals surface area contributed by atoms with Gasteiger partial charge in [-0.05, 0) is 12.1 Å². The van der Waals surface area contributed by atoms with Gasteiger partial charge in [0.25, 0.3) is 0 Å². The Morgan fingerprint density at radius 3 is 3.05 bits per heavy atom. The van der Waals surface area contributed by atoms with Crippen molar-refractivity contribution in [3.8, 4) is 0 Å². The van der Waals surface area contributed by atoms with Crippen LogP contribution in [0.25, 0.3) is 0 Å². The molecular formula is C13H16ClN3O2. The molecule has 0 radical (unpaired) electrons. The van der Waals surface area contributed by atoms with Crippen molar-refractivity contribution in [2.24, 2.45) is 0 Å². The number of benzene rings is 1. The SMILES string of the molecule is O=C1NCC2CN(c3cc(Cl)ccc3CO)CCN12. The molecule has 19 heavy (non-hydrogen) atoms. The van der Waals surface area contributed by atoms with Gasteiger partial charge in [-0.2, -0.15) is 0 Å². The van der Waals surface area contributed by atoms with Crippen molar-refractivity contribution in [2.75, 3.05) is 31.1 Å². The van der Waals surface area contributed by atoms with E-state index >= 15 is 0 Å². The van der Waals surface area contributed by atoms with Gasteiger partial charge in [0.15, 0.2) is 0 Å². The number of halogens is 1. The smallest absolute Gasteiger partial charge is 0.317 e. The number of fused-ring (bicyclic) bond motifs is 1. The monoisotopic (exact) mass is 281 g/mol. The number of aliphatic hydroxyl groups is 1. The van der Waals surface area contributed by atoms with Crippen molar-refractivity contribution in [1.29, 1.82) is 0 Å². The number of amides is 2.